The SMILES string of the molecule is CC[C@H](C)[C@H](NC(=O)[C@H](CC1CCCCC1)NC(=O)c1ccno1)C(=O)N1CCC2(CC1)CC(=O)c1ccccc1O2. The number of likely N-dealkylation sites (tertiary alicyclic amines) is 1. The first-order chi connectivity index (χ1) is 20.3. The largest absolute Gasteiger partial charge is 0.486 e. The lowest BCUT2D eigenvalue weighted by Gasteiger charge is -2.44. The number of rotatable bonds is 9. The van der Waals surface area contributed by atoms with Crippen molar-refractivity contribution >= 4 is 23.5 Å². The lowest BCUT2D eigenvalue weighted by molar-refractivity contribution is -0.141. The fourth-order valence-corrected chi connectivity index (χ4v) is 6.54. The number of nitrogens with one attached hydrogen (secondary N) is 2. The van der Waals surface area contributed by atoms with Crippen molar-refractivity contribution in [1.29, 1.82) is 0 Å². The van der Waals surface area contributed by atoms with Gasteiger partial charge in [-0.2, -0.15) is 0 Å². The van der Waals surface area contributed by atoms with Gasteiger partial charge in [-0.25, -0.2) is 0 Å². The number of hydrogen-bond donors (Lipinski definition) is 2. The summed E-state index contributed by atoms with van der Waals surface area (Å²) in [6, 6.07) is 7.24. The van der Waals surface area contributed by atoms with Crippen molar-refractivity contribution < 1.29 is 28.4 Å². The van der Waals surface area contributed by atoms with Crippen LogP contribution in [0.15, 0.2) is 41.1 Å². The second-order valence-corrected chi connectivity index (χ2v) is 12.2. The van der Waals surface area contributed by atoms with Crippen LogP contribution in [0.2, 0.25) is 0 Å². The zero-order valence-corrected chi connectivity index (χ0v) is 24.6. The summed E-state index contributed by atoms with van der Waals surface area (Å²) in [5, 5.41) is 9.46. The number of ketones is 1. The van der Waals surface area contributed by atoms with Crippen molar-refractivity contribution in [3.8, 4) is 5.75 Å². The van der Waals surface area contributed by atoms with E-state index in [0.29, 0.717) is 62.4 Å². The van der Waals surface area contributed by atoms with E-state index in [4.69, 9.17) is 9.26 Å². The predicted molar refractivity (Wildman–Crippen MR) is 155 cm³/mol. The molecule has 1 spiro atoms. The van der Waals surface area contributed by atoms with Crippen LogP contribution in [0.25, 0.3) is 0 Å². The second kappa shape index (κ2) is 13.1. The Morgan fingerprint density at radius 2 is 1.81 bits per heavy atom. The number of carbonyl (C=O) groups is 4. The number of nitrogens with zero attached hydrogens (tertiary/aromatic N) is 2. The zero-order valence-electron chi connectivity index (χ0n) is 24.6. The molecule has 1 saturated heterocycles. The van der Waals surface area contributed by atoms with E-state index >= 15 is 0 Å². The molecule has 10 heteroatoms. The number of aromatic nitrogens is 1. The highest BCUT2D eigenvalue weighted by Gasteiger charge is 2.45. The number of carbonyl (C=O) groups excluding carboxylic acids is 4. The molecule has 1 saturated carbocycles. The van der Waals surface area contributed by atoms with Gasteiger partial charge in [-0.05, 0) is 30.4 Å². The fourth-order valence-electron chi connectivity index (χ4n) is 6.54. The first-order valence-corrected chi connectivity index (χ1v) is 15.4. The number of Topliss-reactive ketones (excluding diaryl/α,β-unsaturated/α-hetero) is 1. The minimum atomic E-state index is -0.795. The molecular weight excluding hydrogens is 536 g/mol. The van der Waals surface area contributed by atoms with Crippen molar-refractivity contribution in [2.75, 3.05) is 13.1 Å². The van der Waals surface area contributed by atoms with E-state index in [2.05, 4.69) is 15.8 Å². The molecule has 3 aliphatic rings. The molecule has 2 fully saturated rings. The molecule has 0 unspecified atom stereocenters. The average molecular weight is 579 g/mol. The highest BCUT2D eigenvalue weighted by Crippen LogP contribution is 2.39. The summed E-state index contributed by atoms with van der Waals surface area (Å²) < 4.78 is 11.4. The van der Waals surface area contributed by atoms with E-state index in [0.717, 1.165) is 25.7 Å². The summed E-state index contributed by atoms with van der Waals surface area (Å²) in [5.41, 5.74) is -0.00712. The normalized spacial score (nSPS) is 20.6. The van der Waals surface area contributed by atoms with Gasteiger partial charge < -0.3 is 24.8 Å². The van der Waals surface area contributed by atoms with Crippen LogP contribution in [0.4, 0.5) is 0 Å². The van der Waals surface area contributed by atoms with Crippen molar-refractivity contribution in [3.63, 3.8) is 0 Å². The minimum absolute atomic E-state index is 0.0410. The zero-order chi connectivity index (χ0) is 29.7. The Hall–Kier alpha value is -3.69. The Bertz CT molecular complexity index is 1260. The van der Waals surface area contributed by atoms with Gasteiger partial charge in [-0.3, -0.25) is 19.2 Å². The molecule has 0 bridgehead atoms. The third kappa shape index (κ3) is 6.68. The number of ether oxygens (including phenoxy) is 1. The summed E-state index contributed by atoms with van der Waals surface area (Å²) in [6.45, 7) is 4.82. The van der Waals surface area contributed by atoms with Gasteiger partial charge in [-0.15, -0.1) is 0 Å². The number of hydrogen-bond acceptors (Lipinski definition) is 7. The number of benzene rings is 1. The smallest absolute Gasteiger partial charge is 0.290 e. The molecule has 2 N–H and O–H groups in total. The highest BCUT2D eigenvalue weighted by atomic mass is 16.5. The molecular formula is C32H42N4O6. The Balaban J connectivity index is 1.26. The van der Waals surface area contributed by atoms with Gasteiger partial charge in [-0.1, -0.05) is 69.7 Å². The Morgan fingerprint density at radius 1 is 1.07 bits per heavy atom. The summed E-state index contributed by atoms with van der Waals surface area (Å²) in [6.07, 6.45) is 9.40. The van der Waals surface area contributed by atoms with E-state index in [1.807, 2.05) is 32.0 Å². The molecule has 3 atom stereocenters. The quantitative estimate of drug-likeness (QED) is 0.454. The van der Waals surface area contributed by atoms with Crippen LogP contribution < -0.4 is 15.4 Å². The Morgan fingerprint density at radius 3 is 2.50 bits per heavy atom. The molecule has 3 heterocycles. The van der Waals surface area contributed by atoms with Gasteiger partial charge in [0.15, 0.2) is 5.78 Å². The van der Waals surface area contributed by atoms with Crippen LogP contribution in [0.5, 0.6) is 5.75 Å². The topological polar surface area (TPSA) is 131 Å². The maximum atomic E-state index is 13.9. The lowest BCUT2D eigenvalue weighted by atomic mass is 9.82. The number of piperidine rings is 1. The number of fused-ring (bicyclic) bond motifs is 1. The Labute approximate surface area is 246 Å². The number of para-hydroxylation sites is 1. The molecule has 226 valence electrons. The van der Waals surface area contributed by atoms with Gasteiger partial charge >= 0.3 is 0 Å². The molecule has 2 aliphatic heterocycles. The predicted octanol–water partition coefficient (Wildman–Crippen LogP) is 4.30. The number of amides is 3. The third-order valence-electron chi connectivity index (χ3n) is 9.34. The van der Waals surface area contributed by atoms with Crippen molar-refractivity contribution in [2.45, 2.75) is 95.7 Å². The summed E-state index contributed by atoms with van der Waals surface area (Å²) >= 11 is 0. The third-order valence-corrected chi connectivity index (χ3v) is 9.34. The molecule has 1 aromatic carbocycles. The molecule has 42 heavy (non-hydrogen) atoms. The van der Waals surface area contributed by atoms with Gasteiger partial charge in [0.25, 0.3) is 5.91 Å². The maximum Gasteiger partial charge on any atom is 0.290 e. The fraction of sp³-hybridized carbons (Fsp3) is 0.594. The maximum absolute atomic E-state index is 13.9. The van der Waals surface area contributed by atoms with Crippen LogP contribution in [0.3, 0.4) is 0 Å². The van der Waals surface area contributed by atoms with Gasteiger partial charge in [0.1, 0.15) is 23.4 Å². The Kier molecular flexibility index (Phi) is 9.28. The summed E-state index contributed by atoms with van der Waals surface area (Å²) in [7, 11) is 0. The average Bonchev–Trinajstić information content (AvgIpc) is 3.55. The standard InChI is InChI=1S/C32H42N4O6/c1-3-21(2)28(31(40)36-17-14-32(15-18-36)20-25(37)23-11-7-8-12-26(23)41-32)35-29(38)24(19-22-9-5-4-6-10-22)34-30(39)27-13-16-33-42-27/h7-8,11-13,16,21-22,24,28H,3-6,9-10,14-15,17-20H2,1-2H3,(H,34,39)(H,35,38)/t21-,24-,28-/m0/s1. The molecule has 1 aliphatic carbocycles. The van der Waals surface area contributed by atoms with Crippen molar-refractivity contribution in [2.24, 2.45) is 11.8 Å². The molecule has 10 nitrogen and oxygen atoms in total. The van der Waals surface area contributed by atoms with E-state index < -0.39 is 23.6 Å². The van der Waals surface area contributed by atoms with Crippen LogP contribution in [-0.2, 0) is 9.59 Å². The monoisotopic (exact) mass is 578 g/mol. The second-order valence-electron chi connectivity index (χ2n) is 12.2. The van der Waals surface area contributed by atoms with Crippen LogP contribution in [-0.4, -0.2) is 64.3 Å². The van der Waals surface area contributed by atoms with Crippen LogP contribution in [0.1, 0.15) is 99.0 Å². The molecule has 0 radical (unpaired) electrons. The summed E-state index contributed by atoms with van der Waals surface area (Å²) in [5.74, 6) is -0.0844. The van der Waals surface area contributed by atoms with E-state index in [-0.39, 0.29) is 29.3 Å². The van der Waals surface area contributed by atoms with Gasteiger partial charge in [0, 0.05) is 32.0 Å². The lowest BCUT2D eigenvalue weighted by Crippen LogP contribution is -2.59. The minimum Gasteiger partial charge on any atom is -0.486 e. The van der Waals surface area contributed by atoms with E-state index in [1.54, 1.807) is 11.0 Å². The van der Waals surface area contributed by atoms with Crippen molar-refractivity contribution in [3.05, 3.63) is 47.9 Å². The van der Waals surface area contributed by atoms with Crippen molar-refractivity contribution in [1.82, 2.24) is 20.7 Å². The van der Waals surface area contributed by atoms with Gasteiger partial charge in [0.2, 0.25) is 17.6 Å². The highest BCUT2D eigenvalue weighted by molar-refractivity contribution is 6.00. The van der Waals surface area contributed by atoms with Crippen LogP contribution >= 0.6 is 0 Å². The molecule has 3 amide bonds. The summed E-state index contributed by atoms with van der Waals surface area (Å²) in [4.78, 5) is 55.1. The first-order valence-electron chi connectivity index (χ1n) is 15.4. The van der Waals surface area contributed by atoms with E-state index in [9.17, 15) is 19.2 Å². The molecule has 2 aromatic rings. The van der Waals surface area contributed by atoms with Crippen LogP contribution in [0, 0.1) is 11.8 Å². The van der Waals surface area contributed by atoms with Gasteiger partial charge in [0.05, 0.1) is 18.2 Å². The molecule has 5 rings (SSSR count). The first kappa shape index (κ1) is 29.8. The van der Waals surface area contributed by atoms with E-state index in [1.165, 1.54) is 18.7 Å². The molecule has 1 aromatic heterocycles.